The smallest absolute Gasteiger partial charge is 0.213 e. The fraction of sp³-hybridized carbons (Fsp3) is 0.476. The molecular weight excluding hydrogens is 358 g/mol. The lowest BCUT2D eigenvalue weighted by Crippen LogP contribution is -2.49. The molecule has 3 heterocycles. The Kier molecular flexibility index (Phi) is 5.19. The normalized spacial score (nSPS) is 19.8. The van der Waals surface area contributed by atoms with Gasteiger partial charge in [-0.25, -0.2) is 4.98 Å². The lowest BCUT2D eigenvalue weighted by molar-refractivity contribution is 0.0399. The quantitative estimate of drug-likeness (QED) is 0.620. The van der Waals surface area contributed by atoms with Crippen LogP contribution in [0.2, 0.25) is 0 Å². The average molecular weight is 386 g/mol. The topological polar surface area (TPSA) is 46.6 Å². The molecule has 2 aliphatic heterocycles. The Morgan fingerprint density at radius 1 is 1.26 bits per heavy atom. The number of aryl methyl sites for hydroxylation is 1. The Morgan fingerprint density at radius 2 is 2.07 bits per heavy atom. The van der Waals surface area contributed by atoms with Gasteiger partial charge >= 0.3 is 0 Å². The van der Waals surface area contributed by atoms with Crippen molar-refractivity contribution in [1.29, 1.82) is 0 Å². The zero-order valence-electron chi connectivity index (χ0n) is 15.9. The lowest BCUT2D eigenvalue weighted by Gasteiger charge is -2.45. The Hall–Kier alpha value is -1.92. The van der Waals surface area contributed by atoms with Crippen molar-refractivity contribution in [2.24, 2.45) is 5.41 Å². The van der Waals surface area contributed by atoms with E-state index in [0.717, 1.165) is 50.4 Å². The molecule has 0 aliphatic carbocycles. The summed E-state index contributed by atoms with van der Waals surface area (Å²) >= 11 is 4.77. The molecule has 1 atom stereocenters. The number of rotatable bonds is 4. The number of nitrogens with zero attached hydrogens (tertiary/aromatic N) is 2. The highest BCUT2D eigenvalue weighted by Gasteiger charge is 2.40. The maximum atomic E-state index is 6.14. The first-order valence-electron chi connectivity index (χ1n) is 9.49. The van der Waals surface area contributed by atoms with Gasteiger partial charge in [0.05, 0.1) is 25.6 Å². The van der Waals surface area contributed by atoms with E-state index in [1.807, 2.05) is 12.1 Å². The van der Waals surface area contributed by atoms with E-state index < -0.39 is 0 Å². The van der Waals surface area contributed by atoms with Crippen molar-refractivity contribution in [3.63, 3.8) is 0 Å². The van der Waals surface area contributed by atoms with Crippen LogP contribution in [0.4, 0.5) is 5.69 Å². The third-order valence-electron chi connectivity index (χ3n) is 5.90. The number of likely N-dealkylation sites (tertiary alicyclic amines) is 1. The van der Waals surface area contributed by atoms with Crippen LogP contribution in [-0.4, -0.2) is 42.2 Å². The van der Waals surface area contributed by atoms with E-state index in [4.69, 9.17) is 22.1 Å². The molecule has 1 N–H and O–H groups in total. The fourth-order valence-corrected chi connectivity index (χ4v) is 4.46. The van der Waals surface area contributed by atoms with E-state index in [2.05, 4.69) is 40.3 Å². The number of benzene rings is 1. The van der Waals surface area contributed by atoms with Crippen LogP contribution >= 0.6 is 12.6 Å². The number of ether oxygens (including phenoxy) is 2. The Balaban J connectivity index is 1.36. The summed E-state index contributed by atoms with van der Waals surface area (Å²) in [6.07, 6.45) is 5.15. The van der Waals surface area contributed by atoms with Crippen molar-refractivity contribution in [3.05, 3.63) is 47.7 Å². The van der Waals surface area contributed by atoms with Gasteiger partial charge in [0.1, 0.15) is 11.2 Å². The highest BCUT2D eigenvalue weighted by atomic mass is 32.1. The van der Waals surface area contributed by atoms with Gasteiger partial charge in [-0.15, -0.1) is 12.6 Å². The fourth-order valence-electron chi connectivity index (χ4n) is 4.08. The number of piperidine rings is 1. The van der Waals surface area contributed by atoms with E-state index >= 15 is 0 Å². The maximum absolute atomic E-state index is 6.14. The van der Waals surface area contributed by atoms with Gasteiger partial charge < -0.3 is 14.8 Å². The predicted octanol–water partition coefficient (Wildman–Crippen LogP) is 3.74. The zero-order chi connectivity index (χ0) is 18.9. The summed E-state index contributed by atoms with van der Waals surface area (Å²) in [5, 5.41) is 3.42. The second-order valence-corrected chi connectivity index (χ2v) is 8.15. The maximum Gasteiger partial charge on any atom is 0.213 e. The number of hydrogen-bond donors (Lipinski definition) is 2. The second kappa shape index (κ2) is 7.60. The first kappa shape index (κ1) is 18.4. The van der Waals surface area contributed by atoms with Crippen molar-refractivity contribution in [2.45, 2.75) is 31.7 Å². The lowest BCUT2D eigenvalue weighted by atomic mass is 9.72. The van der Waals surface area contributed by atoms with E-state index in [1.165, 1.54) is 11.1 Å². The molecule has 144 valence electrons. The Labute approximate surface area is 166 Å². The minimum atomic E-state index is -0.0314. The minimum Gasteiger partial charge on any atom is -0.493 e. The van der Waals surface area contributed by atoms with Gasteiger partial charge in [-0.3, -0.25) is 4.90 Å². The highest BCUT2D eigenvalue weighted by Crippen LogP contribution is 2.43. The molecule has 0 saturated carbocycles. The van der Waals surface area contributed by atoms with Crippen LogP contribution < -0.4 is 14.8 Å². The Bertz CT molecular complexity index is 789. The van der Waals surface area contributed by atoms with E-state index in [1.54, 1.807) is 13.3 Å². The van der Waals surface area contributed by atoms with Crippen molar-refractivity contribution in [3.8, 4) is 11.6 Å². The number of nitrogens with one attached hydrogen (secondary N) is 1. The van der Waals surface area contributed by atoms with Crippen LogP contribution in [0, 0.1) is 12.3 Å². The number of fused-ring (bicyclic) bond motifs is 1. The molecule has 1 aromatic heterocycles. The summed E-state index contributed by atoms with van der Waals surface area (Å²) in [5.41, 5.74) is 3.90. The minimum absolute atomic E-state index is 0.0314. The van der Waals surface area contributed by atoms with Gasteiger partial charge in [0, 0.05) is 24.6 Å². The van der Waals surface area contributed by atoms with E-state index in [-0.39, 0.29) is 10.9 Å². The van der Waals surface area contributed by atoms with Crippen LogP contribution in [0.1, 0.15) is 24.0 Å². The zero-order valence-corrected chi connectivity index (χ0v) is 16.8. The predicted molar refractivity (Wildman–Crippen MR) is 111 cm³/mol. The molecule has 2 aromatic rings. The highest BCUT2D eigenvalue weighted by molar-refractivity contribution is 7.81. The van der Waals surface area contributed by atoms with Crippen molar-refractivity contribution >= 4 is 18.3 Å². The SMILES string of the molecule is COc1ccc(NC(S)N2CCC3(CC2)COc2cccc(C)c2C3)cn1. The third kappa shape index (κ3) is 3.87. The summed E-state index contributed by atoms with van der Waals surface area (Å²) in [4.78, 5) is 6.62. The second-order valence-electron chi connectivity index (χ2n) is 7.66. The molecule has 4 rings (SSSR count). The molecular formula is C21H27N3O2S. The number of thiol groups is 1. The van der Waals surface area contributed by atoms with Gasteiger partial charge in [-0.05, 0) is 49.4 Å². The molecule has 6 heteroatoms. The summed E-state index contributed by atoms with van der Waals surface area (Å²) in [6.45, 7) is 5.03. The van der Waals surface area contributed by atoms with Gasteiger partial charge in [-0.2, -0.15) is 0 Å². The summed E-state index contributed by atoms with van der Waals surface area (Å²) < 4.78 is 11.2. The molecule has 1 aromatic carbocycles. The van der Waals surface area contributed by atoms with Crippen molar-refractivity contribution < 1.29 is 9.47 Å². The van der Waals surface area contributed by atoms with Gasteiger partial charge in [0.2, 0.25) is 5.88 Å². The Morgan fingerprint density at radius 3 is 2.78 bits per heavy atom. The van der Waals surface area contributed by atoms with Crippen LogP contribution in [0.3, 0.4) is 0 Å². The summed E-state index contributed by atoms with van der Waals surface area (Å²) in [5.74, 6) is 1.69. The molecule has 0 bridgehead atoms. The largest absolute Gasteiger partial charge is 0.493 e. The molecule has 1 spiro atoms. The van der Waals surface area contributed by atoms with E-state index in [9.17, 15) is 0 Å². The van der Waals surface area contributed by atoms with Gasteiger partial charge in [0.25, 0.3) is 0 Å². The first-order chi connectivity index (χ1) is 13.1. The molecule has 0 amide bonds. The molecule has 5 nitrogen and oxygen atoms in total. The standard InChI is InChI=1S/C21H27N3O2S/c1-15-4-3-5-18-17(15)12-21(14-26-18)8-10-24(11-9-21)20(27)23-16-6-7-19(25-2)22-13-16/h3-7,13,20,23,27H,8-12,14H2,1-2H3. The van der Waals surface area contributed by atoms with Crippen LogP contribution in [0.25, 0.3) is 0 Å². The van der Waals surface area contributed by atoms with Crippen LogP contribution in [0.15, 0.2) is 36.5 Å². The monoisotopic (exact) mass is 385 g/mol. The molecule has 1 saturated heterocycles. The molecule has 1 unspecified atom stereocenters. The van der Waals surface area contributed by atoms with Gasteiger partial charge in [-0.1, -0.05) is 12.1 Å². The summed E-state index contributed by atoms with van der Waals surface area (Å²) in [6, 6.07) is 10.2. The molecule has 27 heavy (non-hydrogen) atoms. The van der Waals surface area contributed by atoms with Crippen molar-refractivity contribution in [1.82, 2.24) is 9.88 Å². The van der Waals surface area contributed by atoms with Gasteiger partial charge in [0.15, 0.2) is 0 Å². The summed E-state index contributed by atoms with van der Waals surface area (Å²) in [7, 11) is 1.62. The van der Waals surface area contributed by atoms with Crippen LogP contribution in [-0.2, 0) is 6.42 Å². The molecule has 2 aliphatic rings. The number of anilines is 1. The number of pyridine rings is 1. The average Bonchev–Trinajstić information content (AvgIpc) is 2.70. The molecule has 0 radical (unpaired) electrons. The first-order valence-corrected chi connectivity index (χ1v) is 10.0. The number of aromatic nitrogens is 1. The number of methoxy groups -OCH3 is 1. The molecule has 1 fully saturated rings. The number of hydrogen-bond acceptors (Lipinski definition) is 6. The third-order valence-corrected chi connectivity index (χ3v) is 6.35. The van der Waals surface area contributed by atoms with Crippen molar-refractivity contribution in [2.75, 3.05) is 32.1 Å². The van der Waals surface area contributed by atoms with E-state index in [0.29, 0.717) is 5.88 Å². The van der Waals surface area contributed by atoms with Crippen LogP contribution in [0.5, 0.6) is 11.6 Å².